The van der Waals surface area contributed by atoms with E-state index in [0.29, 0.717) is 11.1 Å². The van der Waals surface area contributed by atoms with Crippen LogP contribution in [-0.4, -0.2) is 28.9 Å². The molecule has 3 rings (SSSR count). The van der Waals surface area contributed by atoms with Crippen LogP contribution in [0.4, 0.5) is 0 Å². The topological polar surface area (TPSA) is 47.0 Å². The molecule has 2 heterocycles. The van der Waals surface area contributed by atoms with E-state index in [1.54, 1.807) is 19.5 Å². The van der Waals surface area contributed by atoms with Gasteiger partial charge in [-0.15, -0.1) is 11.8 Å². The first-order valence-electron chi connectivity index (χ1n) is 7.16. The highest BCUT2D eigenvalue weighted by molar-refractivity contribution is 8.00. The monoisotopic (exact) mass is 301 g/mol. The molecule has 21 heavy (non-hydrogen) atoms. The largest absolute Gasteiger partial charge is 0.480 e. The van der Waals surface area contributed by atoms with Crippen LogP contribution in [0.3, 0.4) is 0 Å². The first-order chi connectivity index (χ1) is 10.3. The Bertz CT molecular complexity index is 595. The lowest BCUT2D eigenvalue weighted by Crippen LogP contribution is -2.31. The highest BCUT2D eigenvalue weighted by Gasteiger charge is 2.32. The summed E-state index contributed by atoms with van der Waals surface area (Å²) in [5.41, 5.74) is 2.31. The molecule has 0 spiro atoms. The van der Waals surface area contributed by atoms with Gasteiger partial charge in [0.25, 0.3) is 0 Å². The first kappa shape index (κ1) is 14.4. The molecule has 2 unspecified atom stereocenters. The number of thioether (sulfide) groups is 1. The second kappa shape index (κ2) is 6.45. The van der Waals surface area contributed by atoms with Crippen molar-refractivity contribution >= 4 is 11.8 Å². The van der Waals surface area contributed by atoms with Gasteiger partial charge in [0.15, 0.2) is 0 Å². The Hall–Kier alpha value is -1.59. The summed E-state index contributed by atoms with van der Waals surface area (Å²) < 4.78 is 5.39. The maximum Gasteiger partial charge on any atom is 0.237 e. The molecule has 2 aromatic rings. The number of fused-ring (bicyclic) bond motifs is 1. The molecule has 110 valence electrons. The number of hydrogen-bond acceptors (Lipinski definition) is 5. The number of ether oxygens (including phenoxy) is 1. The summed E-state index contributed by atoms with van der Waals surface area (Å²) in [6, 6.07) is 8.73. The molecule has 1 aromatic heterocycles. The third kappa shape index (κ3) is 2.89. The molecule has 1 aliphatic rings. The van der Waals surface area contributed by atoms with Gasteiger partial charge < -0.3 is 10.1 Å². The van der Waals surface area contributed by atoms with Crippen molar-refractivity contribution in [1.29, 1.82) is 0 Å². The zero-order chi connectivity index (χ0) is 14.7. The predicted octanol–water partition coefficient (Wildman–Crippen LogP) is 2.85. The molecular formula is C16H19N3OS. The Kier molecular flexibility index (Phi) is 4.41. The number of rotatable bonds is 5. The van der Waals surface area contributed by atoms with E-state index in [1.807, 2.05) is 11.8 Å². The van der Waals surface area contributed by atoms with Gasteiger partial charge in [0.1, 0.15) is 5.69 Å². The molecule has 0 radical (unpaired) electrons. The van der Waals surface area contributed by atoms with Crippen LogP contribution in [0.15, 0.2) is 41.6 Å². The Morgan fingerprint density at radius 1 is 1.33 bits per heavy atom. The van der Waals surface area contributed by atoms with E-state index >= 15 is 0 Å². The maximum absolute atomic E-state index is 5.39. The fourth-order valence-electron chi connectivity index (χ4n) is 2.73. The van der Waals surface area contributed by atoms with Gasteiger partial charge in [-0.25, -0.2) is 4.98 Å². The molecule has 0 fully saturated rings. The summed E-state index contributed by atoms with van der Waals surface area (Å²) in [5, 5.41) is 3.96. The van der Waals surface area contributed by atoms with Crippen LogP contribution >= 0.6 is 11.8 Å². The third-order valence-electron chi connectivity index (χ3n) is 3.65. The van der Waals surface area contributed by atoms with Gasteiger partial charge in [0, 0.05) is 22.5 Å². The van der Waals surface area contributed by atoms with E-state index in [-0.39, 0.29) is 6.04 Å². The van der Waals surface area contributed by atoms with Gasteiger partial charge in [0.05, 0.1) is 13.2 Å². The number of methoxy groups -OCH3 is 1. The number of nitrogens with zero attached hydrogens (tertiary/aromatic N) is 2. The van der Waals surface area contributed by atoms with Gasteiger partial charge in [-0.05, 0) is 24.6 Å². The average Bonchev–Trinajstić information content (AvgIpc) is 2.96. The first-order valence-corrected chi connectivity index (χ1v) is 8.04. The highest BCUT2D eigenvalue weighted by atomic mass is 32.2. The second-order valence-electron chi connectivity index (χ2n) is 4.95. The van der Waals surface area contributed by atoms with E-state index in [2.05, 4.69) is 46.5 Å². The van der Waals surface area contributed by atoms with Crippen molar-refractivity contribution in [2.75, 3.05) is 13.7 Å². The maximum atomic E-state index is 5.39. The van der Waals surface area contributed by atoms with Crippen molar-refractivity contribution in [3.63, 3.8) is 0 Å². The molecule has 5 heteroatoms. The summed E-state index contributed by atoms with van der Waals surface area (Å²) in [6.45, 7) is 3.00. The van der Waals surface area contributed by atoms with Crippen LogP contribution in [0.1, 0.15) is 24.2 Å². The SMILES string of the molecule is CCNC(c1nccnc1OC)C1Cc2ccccc2S1. The second-order valence-corrected chi connectivity index (χ2v) is 6.24. The molecule has 0 saturated carbocycles. The average molecular weight is 301 g/mol. The molecule has 4 nitrogen and oxygen atoms in total. The summed E-state index contributed by atoms with van der Waals surface area (Å²) in [7, 11) is 1.65. The quantitative estimate of drug-likeness (QED) is 0.920. The van der Waals surface area contributed by atoms with Crippen LogP contribution in [0.5, 0.6) is 5.88 Å². The fraction of sp³-hybridized carbons (Fsp3) is 0.375. The minimum Gasteiger partial charge on any atom is -0.480 e. The van der Waals surface area contributed by atoms with Gasteiger partial charge in [0.2, 0.25) is 5.88 Å². The van der Waals surface area contributed by atoms with E-state index in [0.717, 1.165) is 18.7 Å². The summed E-state index contributed by atoms with van der Waals surface area (Å²) >= 11 is 1.91. The molecule has 0 amide bonds. The lowest BCUT2D eigenvalue weighted by atomic mass is 10.0. The lowest BCUT2D eigenvalue weighted by molar-refractivity contribution is 0.376. The lowest BCUT2D eigenvalue weighted by Gasteiger charge is -2.24. The van der Waals surface area contributed by atoms with Crippen LogP contribution < -0.4 is 10.1 Å². The standard InChI is InChI=1S/C16H19N3OS/c1-3-17-14(15-16(20-2)19-9-8-18-15)13-10-11-6-4-5-7-12(11)21-13/h4-9,13-14,17H,3,10H2,1-2H3. The molecule has 1 N–H and O–H groups in total. The fourth-order valence-corrected chi connectivity index (χ4v) is 4.14. The van der Waals surface area contributed by atoms with E-state index in [1.165, 1.54) is 10.5 Å². The predicted molar refractivity (Wildman–Crippen MR) is 84.8 cm³/mol. The van der Waals surface area contributed by atoms with E-state index in [9.17, 15) is 0 Å². The molecular weight excluding hydrogens is 282 g/mol. The number of hydrogen-bond donors (Lipinski definition) is 1. The van der Waals surface area contributed by atoms with Crippen LogP contribution in [0, 0.1) is 0 Å². The summed E-state index contributed by atoms with van der Waals surface area (Å²) in [5.74, 6) is 0.611. The summed E-state index contributed by atoms with van der Waals surface area (Å²) in [4.78, 5) is 10.2. The van der Waals surface area contributed by atoms with Crippen LogP contribution in [-0.2, 0) is 6.42 Å². The summed E-state index contributed by atoms with van der Waals surface area (Å²) in [6.07, 6.45) is 4.44. The molecule has 0 saturated heterocycles. The van der Waals surface area contributed by atoms with Gasteiger partial charge in [-0.1, -0.05) is 25.1 Å². The van der Waals surface area contributed by atoms with Crippen molar-refractivity contribution in [3.05, 3.63) is 47.9 Å². The van der Waals surface area contributed by atoms with E-state index < -0.39 is 0 Å². The van der Waals surface area contributed by atoms with Crippen molar-refractivity contribution in [3.8, 4) is 5.88 Å². The number of benzene rings is 1. The van der Waals surface area contributed by atoms with E-state index in [4.69, 9.17) is 4.74 Å². The minimum absolute atomic E-state index is 0.135. The van der Waals surface area contributed by atoms with Crippen molar-refractivity contribution in [1.82, 2.24) is 15.3 Å². The molecule has 2 atom stereocenters. The molecule has 1 aliphatic heterocycles. The Morgan fingerprint density at radius 3 is 2.90 bits per heavy atom. The van der Waals surface area contributed by atoms with Gasteiger partial charge >= 0.3 is 0 Å². The molecule has 1 aromatic carbocycles. The van der Waals surface area contributed by atoms with Crippen molar-refractivity contribution in [2.24, 2.45) is 0 Å². The zero-order valence-corrected chi connectivity index (χ0v) is 13.1. The number of nitrogens with one attached hydrogen (secondary N) is 1. The highest BCUT2D eigenvalue weighted by Crippen LogP contribution is 2.43. The Labute approximate surface area is 129 Å². The van der Waals surface area contributed by atoms with Gasteiger partial charge in [-0.2, -0.15) is 0 Å². The number of aromatic nitrogens is 2. The van der Waals surface area contributed by atoms with Gasteiger partial charge in [-0.3, -0.25) is 4.98 Å². The molecule has 0 bridgehead atoms. The van der Waals surface area contributed by atoms with Crippen LogP contribution in [0.2, 0.25) is 0 Å². The van der Waals surface area contributed by atoms with Crippen molar-refractivity contribution < 1.29 is 4.74 Å². The minimum atomic E-state index is 0.135. The third-order valence-corrected chi connectivity index (χ3v) is 5.04. The zero-order valence-electron chi connectivity index (χ0n) is 12.2. The molecule has 0 aliphatic carbocycles. The Morgan fingerprint density at radius 2 is 2.14 bits per heavy atom. The van der Waals surface area contributed by atoms with Crippen LogP contribution in [0.25, 0.3) is 0 Å². The smallest absolute Gasteiger partial charge is 0.237 e. The van der Waals surface area contributed by atoms with Crippen molar-refractivity contribution in [2.45, 2.75) is 29.5 Å². The normalized spacial score (nSPS) is 18.3. The Balaban J connectivity index is 1.90.